The topological polar surface area (TPSA) is 74.1 Å². The number of methoxy groups -OCH3 is 1. The van der Waals surface area contributed by atoms with Gasteiger partial charge in [0.25, 0.3) is 0 Å². The molecule has 166 valence electrons. The first-order valence-electron chi connectivity index (χ1n) is 9.47. The third-order valence-corrected chi connectivity index (χ3v) is 6.91. The molecule has 0 saturated heterocycles. The summed E-state index contributed by atoms with van der Waals surface area (Å²) in [6.07, 6.45) is 0.997. The lowest BCUT2D eigenvalue weighted by Gasteiger charge is -2.15. The van der Waals surface area contributed by atoms with E-state index in [0.717, 1.165) is 39.5 Å². The highest BCUT2D eigenvalue weighted by Gasteiger charge is 2.11. The molecule has 2 aromatic carbocycles. The summed E-state index contributed by atoms with van der Waals surface area (Å²) in [5.74, 6) is 2.26. The Morgan fingerprint density at radius 3 is 2.71 bits per heavy atom. The molecule has 1 aromatic heterocycles. The maximum absolute atomic E-state index is 6.08. The van der Waals surface area contributed by atoms with Crippen molar-refractivity contribution in [2.45, 2.75) is 24.7 Å². The number of aryl methyl sites for hydroxylation is 1. The van der Waals surface area contributed by atoms with Crippen molar-refractivity contribution in [1.29, 1.82) is 0 Å². The minimum Gasteiger partial charge on any atom is -0.493 e. The molecule has 0 spiro atoms. The number of benzene rings is 2. The van der Waals surface area contributed by atoms with Crippen molar-refractivity contribution in [3.63, 3.8) is 0 Å². The number of thioether (sulfide) groups is 1. The molecule has 0 amide bonds. The Hall–Kier alpha value is -1.52. The summed E-state index contributed by atoms with van der Waals surface area (Å²) in [7, 11) is 3.47. The van der Waals surface area contributed by atoms with E-state index in [4.69, 9.17) is 32.7 Å². The molecule has 3 aromatic rings. The van der Waals surface area contributed by atoms with E-state index in [2.05, 4.69) is 36.8 Å². The van der Waals surface area contributed by atoms with Crippen LogP contribution in [0.5, 0.6) is 11.5 Å². The van der Waals surface area contributed by atoms with E-state index >= 15 is 0 Å². The van der Waals surface area contributed by atoms with Crippen molar-refractivity contribution in [3.8, 4) is 11.5 Å². The summed E-state index contributed by atoms with van der Waals surface area (Å²) in [5, 5.41) is 16.7. The fourth-order valence-electron chi connectivity index (χ4n) is 2.70. The van der Waals surface area contributed by atoms with Crippen molar-refractivity contribution in [2.75, 3.05) is 19.4 Å². The van der Waals surface area contributed by atoms with Crippen molar-refractivity contribution in [1.82, 2.24) is 25.5 Å². The molecule has 0 aliphatic rings. The summed E-state index contributed by atoms with van der Waals surface area (Å²) in [6, 6.07) is 9.33. The van der Waals surface area contributed by atoms with Gasteiger partial charge in [-0.25, -0.2) is 4.68 Å². The first kappa shape index (κ1) is 24.1. The van der Waals surface area contributed by atoms with Gasteiger partial charge in [0.1, 0.15) is 6.61 Å². The van der Waals surface area contributed by atoms with E-state index in [-0.39, 0.29) is 0 Å². The van der Waals surface area contributed by atoms with E-state index in [1.54, 1.807) is 35.7 Å². The third kappa shape index (κ3) is 6.98. The van der Waals surface area contributed by atoms with Crippen molar-refractivity contribution in [2.24, 2.45) is 7.05 Å². The monoisotopic (exact) mass is 545 g/mol. The van der Waals surface area contributed by atoms with Crippen LogP contribution >= 0.6 is 50.9 Å². The minimum absolute atomic E-state index is 0.357. The zero-order valence-corrected chi connectivity index (χ0v) is 21.0. The summed E-state index contributed by atoms with van der Waals surface area (Å²) in [6.45, 7) is 1.94. The lowest BCUT2D eigenvalue weighted by atomic mass is 10.2. The summed E-state index contributed by atoms with van der Waals surface area (Å²) >= 11 is 17.3. The number of aromatic nitrogens is 4. The molecule has 3 rings (SSSR count). The first-order valence-corrected chi connectivity index (χ1v) is 12.0. The molecule has 11 heteroatoms. The molecule has 1 N–H and O–H groups in total. The Balaban J connectivity index is 1.50. The molecule has 0 unspecified atom stereocenters. The molecule has 7 nitrogen and oxygen atoms in total. The average molecular weight is 547 g/mol. The molecule has 0 aliphatic heterocycles. The highest BCUT2D eigenvalue weighted by Crippen LogP contribution is 2.34. The summed E-state index contributed by atoms with van der Waals surface area (Å²) in [4.78, 5) is 0. The van der Waals surface area contributed by atoms with Crippen LogP contribution in [0.1, 0.15) is 17.5 Å². The van der Waals surface area contributed by atoms with E-state index < -0.39 is 0 Å². The lowest BCUT2D eigenvalue weighted by Crippen LogP contribution is -2.16. The number of halogens is 3. The van der Waals surface area contributed by atoms with Crippen molar-refractivity contribution in [3.05, 3.63) is 56.0 Å². The number of nitrogens with one attached hydrogen (secondary N) is 1. The zero-order valence-electron chi connectivity index (χ0n) is 17.1. The van der Waals surface area contributed by atoms with Gasteiger partial charge in [0.05, 0.1) is 17.2 Å². The molecular weight excluding hydrogens is 525 g/mol. The number of hydrogen-bond donors (Lipinski definition) is 1. The molecule has 31 heavy (non-hydrogen) atoms. The van der Waals surface area contributed by atoms with Gasteiger partial charge in [0, 0.05) is 23.8 Å². The largest absolute Gasteiger partial charge is 0.493 e. The molecule has 0 aliphatic carbocycles. The predicted molar refractivity (Wildman–Crippen MR) is 127 cm³/mol. The van der Waals surface area contributed by atoms with Gasteiger partial charge in [-0.1, -0.05) is 57.0 Å². The van der Waals surface area contributed by atoms with Crippen LogP contribution in [-0.4, -0.2) is 39.6 Å². The second-order valence-electron chi connectivity index (χ2n) is 6.60. The number of tetrazole rings is 1. The Morgan fingerprint density at radius 2 is 2.00 bits per heavy atom. The average Bonchev–Trinajstić information content (AvgIpc) is 3.17. The van der Waals surface area contributed by atoms with Gasteiger partial charge in [-0.15, -0.1) is 5.10 Å². The van der Waals surface area contributed by atoms with Gasteiger partial charge in [-0.05, 0) is 58.8 Å². The van der Waals surface area contributed by atoms with E-state index in [1.165, 1.54) is 0 Å². The number of rotatable bonds is 11. The standard InChI is InChI=1S/C20H22BrCl2N5O2S/c1-28-20(25-26-27-28)31-7-3-6-24-11-14-9-18(29-2)19(10-15(14)21)30-12-13-4-5-16(22)17(23)8-13/h4-5,8-10,24H,3,6-7,11-12H2,1-2H3. The minimum atomic E-state index is 0.357. The van der Waals surface area contributed by atoms with Gasteiger partial charge in [-0.3, -0.25) is 0 Å². The van der Waals surface area contributed by atoms with Crippen molar-refractivity contribution >= 4 is 50.9 Å². The van der Waals surface area contributed by atoms with Crippen LogP contribution in [0.2, 0.25) is 10.0 Å². The molecular formula is C20H22BrCl2N5O2S. The molecule has 0 radical (unpaired) electrons. The number of ether oxygens (including phenoxy) is 2. The van der Waals surface area contributed by atoms with Crippen molar-refractivity contribution < 1.29 is 9.47 Å². The van der Waals surface area contributed by atoms with Crippen LogP contribution in [0.4, 0.5) is 0 Å². The van der Waals surface area contributed by atoms with Crippen LogP contribution in [0.25, 0.3) is 0 Å². The molecule has 0 saturated carbocycles. The smallest absolute Gasteiger partial charge is 0.209 e. The Morgan fingerprint density at radius 1 is 1.16 bits per heavy atom. The maximum atomic E-state index is 6.08. The maximum Gasteiger partial charge on any atom is 0.209 e. The number of nitrogens with zero attached hydrogens (tertiary/aromatic N) is 4. The predicted octanol–water partition coefficient (Wildman–Crippen LogP) is 5.14. The number of hydrogen-bond acceptors (Lipinski definition) is 7. The van der Waals surface area contributed by atoms with Gasteiger partial charge >= 0.3 is 0 Å². The van der Waals surface area contributed by atoms with E-state index in [1.807, 2.05) is 25.2 Å². The lowest BCUT2D eigenvalue weighted by molar-refractivity contribution is 0.284. The van der Waals surface area contributed by atoms with E-state index in [0.29, 0.717) is 34.7 Å². The van der Waals surface area contributed by atoms with Gasteiger partial charge < -0.3 is 14.8 Å². The SMILES string of the molecule is COc1cc(CNCCCSc2nnnn2C)c(Br)cc1OCc1ccc(Cl)c(Cl)c1. The van der Waals surface area contributed by atoms with Crippen LogP contribution in [-0.2, 0) is 20.2 Å². The molecule has 0 bridgehead atoms. The fraction of sp³-hybridized carbons (Fsp3) is 0.350. The van der Waals surface area contributed by atoms with Gasteiger partial charge in [0.15, 0.2) is 11.5 Å². The second kappa shape index (κ2) is 11.9. The second-order valence-corrected chi connectivity index (χ2v) is 9.33. The summed E-state index contributed by atoms with van der Waals surface area (Å²) in [5.41, 5.74) is 2.01. The van der Waals surface area contributed by atoms with Crippen LogP contribution in [0, 0.1) is 0 Å². The molecule has 0 fully saturated rings. The Bertz CT molecular complexity index is 1020. The Labute approximate surface area is 203 Å². The van der Waals surface area contributed by atoms with Gasteiger partial charge in [-0.2, -0.15) is 0 Å². The fourth-order valence-corrected chi connectivity index (χ4v) is 4.27. The molecule has 0 atom stereocenters. The zero-order chi connectivity index (χ0) is 22.2. The summed E-state index contributed by atoms with van der Waals surface area (Å²) < 4.78 is 14.1. The van der Waals surface area contributed by atoms with Crippen LogP contribution in [0.3, 0.4) is 0 Å². The van der Waals surface area contributed by atoms with Crippen LogP contribution < -0.4 is 14.8 Å². The van der Waals surface area contributed by atoms with E-state index in [9.17, 15) is 0 Å². The van der Waals surface area contributed by atoms with Gasteiger partial charge in [0.2, 0.25) is 5.16 Å². The Kier molecular flexibility index (Phi) is 9.28. The highest BCUT2D eigenvalue weighted by molar-refractivity contribution is 9.10. The highest BCUT2D eigenvalue weighted by atomic mass is 79.9. The normalized spacial score (nSPS) is 11.0. The first-order chi connectivity index (χ1) is 15.0. The quantitative estimate of drug-likeness (QED) is 0.263. The van der Waals surface area contributed by atoms with Crippen LogP contribution in [0.15, 0.2) is 40.0 Å². The molecule has 1 heterocycles. The third-order valence-electron chi connectivity index (χ3n) is 4.34.